The van der Waals surface area contributed by atoms with Crippen molar-refractivity contribution in [2.45, 2.75) is 22.8 Å². The number of sulfonamides is 2. The molecule has 0 aliphatic rings. The Balaban J connectivity index is 1.58. The van der Waals surface area contributed by atoms with Gasteiger partial charge in [-0.05, 0) is 54.4 Å². The minimum absolute atomic E-state index is 0.00396. The molecular formula is C20H21N3O6S2. The summed E-state index contributed by atoms with van der Waals surface area (Å²) in [6, 6.07) is 15.0. The van der Waals surface area contributed by atoms with E-state index >= 15 is 0 Å². The number of carbonyl (C=O) groups is 1. The van der Waals surface area contributed by atoms with E-state index in [1.165, 1.54) is 42.7 Å². The highest BCUT2D eigenvalue weighted by Crippen LogP contribution is 2.13. The second-order valence-electron chi connectivity index (χ2n) is 6.63. The van der Waals surface area contributed by atoms with Gasteiger partial charge in [0.05, 0.1) is 22.6 Å². The van der Waals surface area contributed by atoms with Gasteiger partial charge in [0.2, 0.25) is 20.0 Å². The van der Waals surface area contributed by atoms with E-state index in [0.717, 1.165) is 5.56 Å². The molecule has 0 saturated heterocycles. The van der Waals surface area contributed by atoms with Crippen LogP contribution in [0, 0.1) is 0 Å². The fourth-order valence-corrected chi connectivity index (χ4v) is 4.29. The maximum atomic E-state index is 12.5. The van der Waals surface area contributed by atoms with Crippen LogP contribution in [0.15, 0.2) is 81.1 Å². The number of nitrogens with two attached hydrogens (primary N) is 1. The van der Waals surface area contributed by atoms with Crippen molar-refractivity contribution >= 4 is 26.0 Å². The molecule has 1 heterocycles. The molecule has 0 spiro atoms. The minimum atomic E-state index is -3.82. The summed E-state index contributed by atoms with van der Waals surface area (Å²) >= 11 is 0. The number of carbonyl (C=O) groups excluding carboxylic acids is 1. The number of rotatable bonds is 9. The Kier molecular flexibility index (Phi) is 6.91. The third-order valence-electron chi connectivity index (χ3n) is 4.37. The van der Waals surface area contributed by atoms with E-state index in [2.05, 4.69) is 10.0 Å². The minimum Gasteiger partial charge on any atom is -0.468 e. The van der Waals surface area contributed by atoms with E-state index in [-0.39, 0.29) is 28.4 Å². The molecule has 1 amide bonds. The van der Waals surface area contributed by atoms with Gasteiger partial charge in [0.25, 0.3) is 5.91 Å². The number of hydrogen-bond donors (Lipinski definition) is 3. The zero-order chi connectivity index (χ0) is 22.5. The number of nitrogens with one attached hydrogen (secondary N) is 2. The predicted octanol–water partition coefficient (Wildman–Crippen LogP) is 1.38. The van der Waals surface area contributed by atoms with Gasteiger partial charge in [0.15, 0.2) is 0 Å². The van der Waals surface area contributed by atoms with Crippen molar-refractivity contribution in [1.29, 1.82) is 0 Å². The predicted molar refractivity (Wildman–Crippen MR) is 113 cm³/mol. The van der Waals surface area contributed by atoms with Crippen molar-refractivity contribution < 1.29 is 26.0 Å². The molecule has 1 aromatic heterocycles. The number of furan rings is 1. The molecule has 0 fully saturated rings. The molecule has 11 heteroatoms. The van der Waals surface area contributed by atoms with Crippen LogP contribution in [0.25, 0.3) is 0 Å². The highest BCUT2D eigenvalue weighted by Gasteiger charge is 2.16. The number of hydrogen-bond acceptors (Lipinski definition) is 6. The van der Waals surface area contributed by atoms with E-state index < -0.39 is 26.0 Å². The molecule has 3 aromatic rings. The molecule has 9 nitrogen and oxygen atoms in total. The summed E-state index contributed by atoms with van der Waals surface area (Å²) in [6.07, 6.45) is 1.91. The number of amides is 1. The summed E-state index contributed by atoms with van der Waals surface area (Å²) in [7, 11) is -7.57. The summed E-state index contributed by atoms with van der Waals surface area (Å²) in [5, 5.41) is 7.77. The topological polar surface area (TPSA) is 149 Å². The maximum Gasteiger partial charge on any atom is 0.251 e. The summed E-state index contributed by atoms with van der Waals surface area (Å²) in [6.45, 7) is 0.275. The molecule has 0 aliphatic heterocycles. The first kappa shape index (κ1) is 22.7. The Labute approximate surface area is 180 Å². The highest BCUT2D eigenvalue weighted by molar-refractivity contribution is 7.89. The fraction of sp³-hybridized carbons (Fsp3) is 0.150. The highest BCUT2D eigenvalue weighted by atomic mass is 32.2. The van der Waals surface area contributed by atoms with Gasteiger partial charge in [-0.25, -0.2) is 26.7 Å². The molecule has 164 valence electrons. The van der Waals surface area contributed by atoms with Gasteiger partial charge in [-0.15, -0.1) is 0 Å². The summed E-state index contributed by atoms with van der Waals surface area (Å²) in [5.74, 6) is 0.0406. The third kappa shape index (κ3) is 6.25. The van der Waals surface area contributed by atoms with Crippen LogP contribution in [-0.2, 0) is 33.0 Å². The molecule has 0 bridgehead atoms. The Bertz CT molecular complexity index is 1250. The van der Waals surface area contributed by atoms with Crippen molar-refractivity contribution in [2.24, 2.45) is 5.14 Å². The summed E-state index contributed by atoms with van der Waals surface area (Å²) in [5.41, 5.74) is 1.01. The molecule has 0 atom stereocenters. The molecular weight excluding hydrogens is 442 g/mol. The number of benzene rings is 2. The SMILES string of the molecule is NS(=O)(=O)c1ccc(CCNC(=O)c2cccc(S(=O)(=O)NCc3ccco3)c2)cc1. The van der Waals surface area contributed by atoms with Gasteiger partial charge in [0.1, 0.15) is 5.76 Å². The van der Waals surface area contributed by atoms with Gasteiger partial charge in [-0.3, -0.25) is 4.79 Å². The maximum absolute atomic E-state index is 12.5. The lowest BCUT2D eigenvalue weighted by atomic mass is 10.1. The average Bonchev–Trinajstić information content (AvgIpc) is 3.26. The van der Waals surface area contributed by atoms with Crippen LogP contribution >= 0.6 is 0 Å². The Morgan fingerprint density at radius 2 is 1.68 bits per heavy atom. The van der Waals surface area contributed by atoms with Crippen LogP contribution in [0.1, 0.15) is 21.7 Å². The lowest BCUT2D eigenvalue weighted by molar-refractivity contribution is 0.0954. The molecule has 2 aromatic carbocycles. The fourth-order valence-electron chi connectivity index (χ4n) is 2.74. The van der Waals surface area contributed by atoms with E-state index in [9.17, 15) is 21.6 Å². The smallest absolute Gasteiger partial charge is 0.251 e. The Morgan fingerprint density at radius 3 is 2.32 bits per heavy atom. The van der Waals surface area contributed by atoms with E-state index in [1.807, 2.05) is 0 Å². The van der Waals surface area contributed by atoms with Crippen molar-refractivity contribution in [2.75, 3.05) is 6.54 Å². The molecule has 0 radical (unpaired) electrons. The Hall–Kier alpha value is -2.99. The van der Waals surface area contributed by atoms with Crippen molar-refractivity contribution in [3.05, 3.63) is 83.8 Å². The van der Waals surface area contributed by atoms with Crippen LogP contribution in [0.2, 0.25) is 0 Å². The van der Waals surface area contributed by atoms with E-state index in [0.29, 0.717) is 12.2 Å². The van der Waals surface area contributed by atoms with Crippen molar-refractivity contribution in [3.63, 3.8) is 0 Å². The monoisotopic (exact) mass is 463 g/mol. The first-order valence-electron chi connectivity index (χ1n) is 9.17. The van der Waals surface area contributed by atoms with Crippen LogP contribution in [0.5, 0.6) is 0 Å². The van der Waals surface area contributed by atoms with E-state index in [4.69, 9.17) is 9.56 Å². The zero-order valence-corrected chi connectivity index (χ0v) is 17.9. The third-order valence-corrected chi connectivity index (χ3v) is 6.70. The van der Waals surface area contributed by atoms with Crippen molar-refractivity contribution in [1.82, 2.24) is 10.0 Å². The first-order chi connectivity index (χ1) is 14.6. The van der Waals surface area contributed by atoms with Crippen LogP contribution in [-0.4, -0.2) is 29.3 Å². The van der Waals surface area contributed by atoms with Crippen LogP contribution < -0.4 is 15.2 Å². The second-order valence-corrected chi connectivity index (χ2v) is 9.95. The molecule has 3 rings (SSSR count). The van der Waals surface area contributed by atoms with Gasteiger partial charge in [-0.1, -0.05) is 18.2 Å². The summed E-state index contributed by atoms with van der Waals surface area (Å²) < 4.78 is 55.0. The van der Waals surface area contributed by atoms with Crippen LogP contribution in [0.3, 0.4) is 0 Å². The first-order valence-corrected chi connectivity index (χ1v) is 12.2. The largest absolute Gasteiger partial charge is 0.468 e. The molecule has 31 heavy (non-hydrogen) atoms. The van der Waals surface area contributed by atoms with Gasteiger partial charge >= 0.3 is 0 Å². The van der Waals surface area contributed by atoms with E-state index in [1.54, 1.807) is 24.3 Å². The zero-order valence-electron chi connectivity index (χ0n) is 16.3. The van der Waals surface area contributed by atoms with Crippen LogP contribution in [0.4, 0.5) is 0 Å². The molecule has 0 saturated carbocycles. The number of primary sulfonamides is 1. The quantitative estimate of drug-likeness (QED) is 0.436. The molecule has 0 aliphatic carbocycles. The van der Waals surface area contributed by atoms with Gasteiger partial charge in [-0.2, -0.15) is 0 Å². The Morgan fingerprint density at radius 1 is 0.935 bits per heavy atom. The molecule has 4 N–H and O–H groups in total. The van der Waals surface area contributed by atoms with Gasteiger partial charge < -0.3 is 9.73 Å². The average molecular weight is 464 g/mol. The summed E-state index contributed by atoms with van der Waals surface area (Å²) in [4.78, 5) is 12.4. The standard InChI is InChI=1S/C20H21N3O6S2/c21-30(25,26)18-8-6-15(7-9-18)10-11-22-20(24)16-3-1-5-19(13-16)31(27,28)23-14-17-4-2-12-29-17/h1-9,12-13,23H,10-11,14H2,(H,22,24)(H2,21,25,26). The lowest BCUT2D eigenvalue weighted by Crippen LogP contribution is -2.27. The van der Waals surface area contributed by atoms with Gasteiger partial charge in [0, 0.05) is 12.1 Å². The lowest BCUT2D eigenvalue weighted by Gasteiger charge is -2.09. The van der Waals surface area contributed by atoms with Crippen molar-refractivity contribution in [3.8, 4) is 0 Å². The normalized spacial score (nSPS) is 11.9. The second kappa shape index (κ2) is 9.43. The molecule has 0 unspecified atom stereocenters.